The minimum Gasteiger partial charge on any atom is -0.341 e. The molecule has 0 aliphatic carbocycles. The highest BCUT2D eigenvalue weighted by Crippen LogP contribution is 2.18. The molecular formula is C14H18BrN3. The van der Waals surface area contributed by atoms with Crippen LogP contribution in [0.25, 0.3) is 11.4 Å². The third-order valence-electron chi connectivity index (χ3n) is 2.61. The van der Waals surface area contributed by atoms with Crippen LogP contribution in [0, 0.1) is 5.92 Å². The van der Waals surface area contributed by atoms with Gasteiger partial charge in [-0.25, -0.2) is 4.98 Å². The molecule has 1 heterocycles. The molecule has 0 bridgehead atoms. The third-order valence-corrected chi connectivity index (χ3v) is 3.14. The topological polar surface area (TPSA) is 40.7 Å². The maximum atomic E-state index is 4.40. The number of aromatic amines is 1. The van der Waals surface area contributed by atoms with Crippen LogP contribution < -0.4 is 5.32 Å². The highest BCUT2D eigenvalue weighted by Gasteiger charge is 2.03. The van der Waals surface area contributed by atoms with Crippen LogP contribution >= 0.6 is 15.9 Å². The second-order valence-electron chi connectivity index (χ2n) is 4.79. The minimum atomic E-state index is 0.666. The molecule has 0 saturated carbocycles. The molecule has 1 aromatic carbocycles. The normalized spacial score (nSPS) is 11.1. The molecule has 18 heavy (non-hydrogen) atoms. The Hall–Kier alpha value is -1.13. The molecule has 0 aliphatic rings. The van der Waals surface area contributed by atoms with Gasteiger partial charge in [0, 0.05) is 28.5 Å². The van der Waals surface area contributed by atoms with Crippen molar-refractivity contribution in [3.8, 4) is 11.4 Å². The lowest BCUT2D eigenvalue weighted by atomic mass is 10.2. The summed E-state index contributed by atoms with van der Waals surface area (Å²) in [6.07, 6.45) is 1.89. The van der Waals surface area contributed by atoms with E-state index in [0.29, 0.717) is 5.92 Å². The number of H-pyrrole nitrogens is 1. The van der Waals surface area contributed by atoms with Gasteiger partial charge < -0.3 is 10.3 Å². The van der Waals surface area contributed by atoms with E-state index < -0.39 is 0 Å². The van der Waals surface area contributed by atoms with Crippen molar-refractivity contribution >= 4 is 15.9 Å². The fourth-order valence-corrected chi connectivity index (χ4v) is 1.96. The summed E-state index contributed by atoms with van der Waals surface area (Å²) in [4.78, 5) is 7.74. The molecule has 0 atom stereocenters. The summed E-state index contributed by atoms with van der Waals surface area (Å²) in [6.45, 7) is 6.26. The Balaban J connectivity index is 1.99. The number of hydrogen-bond acceptors (Lipinski definition) is 2. The van der Waals surface area contributed by atoms with Crippen LogP contribution in [0.4, 0.5) is 0 Å². The van der Waals surface area contributed by atoms with E-state index in [-0.39, 0.29) is 0 Å². The van der Waals surface area contributed by atoms with Gasteiger partial charge in [0.1, 0.15) is 5.82 Å². The van der Waals surface area contributed by atoms with Crippen molar-refractivity contribution in [1.82, 2.24) is 15.3 Å². The number of nitrogens with zero attached hydrogens (tertiary/aromatic N) is 1. The van der Waals surface area contributed by atoms with Gasteiger partial charge in [0.05, 0.1) is 0 Å². The summed E-state index contributed by atoms with van der Waals surface area (Å²) in [5.74, 6) is 1.59. The van der Waals surface area contributed by atoms with E-state index >= 15 is 0 Å². The third kappa shape index (κ3) is 3.68. The van der Waals surface area contributed by atoms with Crippen LogP contribution in [0.3, 0.4) is 0 Å². The molecule has 0 spiro atoms. The lowest BCUT2D eigenvalue weighted by Crippen LogP contribution is -2.19. The van der Waals surface area contributed by atoms with Crippen molar-refractivity contribution in [3.63, 3.8) is 0 Å². The van der Waals surface area contributed by atoms with E-state index in [1.165, 1.54) is 0 Å². The lowest BCUT2D eigenvalue weighted by Gasteiger charge is -2.05. The maximum Gasteiger partial charge on any atom is 0.137 e. The van der Waals surface area contributed by atoms with E-state index in [1.54, 1.807) is 0 Å². The fraction of sp³-hybridized carbons (Fsp3) is 0.357. The van der Waals surface area contributed by atoms with Crippen LogP contribution in [0.5, 0.6) is 0 Å². The zero-order valence-corrected chi connectivity index (χ0v) is 12.3. The zero-order chi connectivity index (χ0) is 13.0. The summed E-state index contributed by atoms with van der Waals surface area (Å²) in [7, 11) is 0. The maximum absolute atomic E-state index is 4.40. The van der Waals surface area contributed by atoms with Gasteiger partial charge in [-0.1, -0.05) is 41.9 Å². The van der Waals surface area contributed by atoms with E-state index in [1.807, 2.05) is 30.5 Å². The molecule has 0 unspecified atom stereocenters. The van der Waals surface area contributed by atoms with E-state index in [2.05, 4.69) is 45.1 Å². The SMILES string of the molecule is CC(C)CNCc1cnc(-c2ccc(Br)cc2)[nH]1. The van der Waals surface area contributed by atoms with Gasteiger partial charge in [0.15, 0.2) is 0 Å². The lowest BCUT2D eigenvalue weighted by molar-refractivity contribution is 0.549. The van der Waals surface area contributed by atoms with Crippen LogP contribution in [-0.2, 0) is 6.54 Å². The molecule has 0 fully saturated rings. The van der Waals surface area contributed by atoms with Crippen molar-refractivity contribution in [2.75, 3.05) is 6.54 Å². The number of nitrogens with one attached hydrogen (secondary N) is 2. The van der Waals surface area contributed by atoms with Gasteiger partial charge in [0.2, 0.25) is 0 Å². The molecule has 3 nitrogen and oxygen atoms in total. The first-order chi connectivity index (χ1) is 8.65. The molecule has 1 aromatic heterocycles. The average Bonchev–Trinajstić information content (AvgIpc) is 2.78. The van der Waals surface area contributed by atoms with Crippen molar-refractivity contribution < 1.29 is 0 Å². The largest absolute Gasteiger partial charge is 0.341 e. The van der Waals surface area contributed by atoms with E-state index in [0.717, 1.165) is 34.6 Å². The van der Waals surface area contributed by atoms with Crippen molar-refractivity contribution in [3.05, 3.63) is 40.6 Å². The summed E-state index contributed by atoms with van der Waals surface area (Å²) in [6, 6.07) is 8.14. The first kappa shape index (κ1) is 13.3. The predicted octanol–water partition coefficient (Wildman–Crippen LogP) is 3.58. The van der Waals surface area contributed by atoms with Gasteiger partial charge in [-0.3, -0.25) is 0 Å². The highest BCUT2D eigenvalue weighted by atomic mass is 79.9. The Bertz CT molecular complexity index is 488. The Morgan fingerprint density at radius 3 is 2.67 bits per heavy atom. The minimum absolute atomic E-state index is 0.666. The highest BCUT2D eigenvalue weighted by molar-refractivity contribution is 9.10. The number of aromatic nitrogens is 2. The molecule has 2 aromatic rings. The molecule has 0 saturated heterocycles. The standard InChI is InChI=1S/C14H18BrN3/c1-10(2)7-16-8-13-9-17-14(18-13)11-3-5-12(15)6-4-11/h3-6,9-10,16H,7-8H2,1-2H3,(H,17,18). The smallest absolute Gasteiger partial charge is 0.137 e. The van der Waals surface area contributed by atoms with Gasteiger partial charge >= 0.3 is 0 Å². The van der Waals surface area contributed by atoms with Crippen molar-refractivity contribution in [2.24, 2.45) is 5.92 Å². The van der Waals surface area contributed by atoms with Gasteiger partial charge in [-0.05, 0) is 24.6 Å². The monoisotopic (exact) mass is 307 g/mol. The van der Waals surface area contributed by atoms with Crippen LogP contribution in [-0.4, -0.2) is 16.5 Å². The fourth-order valence-electron chi connectivity index (χ4n) is 1.70. The first-order valence-corrected chi connectivity index (χ1v) is 6.95. The van der Waals surface area contributed by atoms with Gasteiger partial charge in [0.25, 0.3) is 0 Å². The Morgan fingerprint density at radius 2 is 2.00 bits per heavy atom. The summed E-state index contributed by atoms with van der Waals surface area (Å²) in [5.41, 5.74) is 2.22. The molecule has 96 valence electrons. The average molecular weight is 308 g/mol. The van der Waals surface area contributed by atoms with E-state index in [9.17, 15) is 0 Å². The van der Waals surface area contributed by atoms with Crippen LogP contribution in [0.2, 0.25) is 0 Å². The Labute approximate surface area is 116 Å². The van der Waals surface area contributed by atoms with E-state index in [4.69, 9.17) is 0 Å². The molecule has 0 radical (unpaired) electrons. The van der Waals surface area contributed by atoms with Crippen molar-refractivity contribution in [1.29, 1.82) is 0 Å². The Morgan fingerprint density at radius 1 is 1.28 bits per heavy atom. The molecule has 0 aliphatic heterocycles. The summed E-state index contributed by atoms with van der Waals surface area (Å²) in [5, 5.41) is 3.40. The second-order valence-corrected chi connectivity index (χ2v) is 5.70. The van der Waals surface area contributed by atoms with Gasteiger partial charge in [-0.2, -0.15) is 0 Å². The zero-order valence-electron chi connectivity index (χ0n) is 10.7. The number of halogens is 1. The quantitative estimate of drug-likeness (QED) is 0.886. The molecule has 2 rings (SSSR count). The molecule has 0 amide bonds. The molecular weight excluding hydrogens is 290 g/mol. The number of imidazole rings is 1. The number of benzene rings is 1. The molecule has 4 heteroatoms. The summed E-state index contributed by atoms with van der Waals surface area (Å²) >= 11 is 3.43. The Kier molecular flexibility index (Phi) is 4.55. The molecule has 2 N–H and O–H groups in total. The van der Waals surface area contributed by atoms with Crippen molar-refractivity contribution in [2.45, 2.75) is 20.4 Å². The van der Waals surface area contributed by atoms with Crippen LogP contribution in [0.1, 0.15) is 19.5 Å². The predicted molar refractivity (Wildman–Crippen MR) is 78.3 cm³/mol. The number of hydrogen-bond donors (Lipinski definition) is 2. The first-order valence-electron chi connectivity index (χ1n) is 6.15. The number of rotatable bonds is 5. The summed E-state index contributed by atoms with van der Waals surface area (Å²) < 4.78 is 1.08. The second kappa shape index (κ2) is 6.16. The van der Waals surface area contributed by atoms with Crippen LogP contribution in [0.15, 0.2) is 34.9 Å². The van der Waals surface area contributed by atoms with Gasteiger partial charge in [-0.15, -0.1) is 0 Å².